The fourth-order valence-electron chi connectivity index (χ4n) is 1.89. The van der Waals surface area contributed by atoms with Gasteiger partial charge in [0.05, 0.1) is 25.0 Å². The molecular formula is C16H17F2N3O3. The van der Waals surface area contributed by atoms with Crippen molar-refractivity contribution in [2.24, 2.45) is 0 Å². The number of anilines is 1. The van der Waals surface area contributed by atoms with Gasteiger partial charge in [-0.1, -0.05) is 12.1 Å². The Morgan fingerprint density at radius 2 is 1.96 bits per heavy atom. The number of nitrogens with one attached hydrogen (secondary N) is 2. The summed E-state index contributed by atoms with van der Waals surface area (Å²) in [4.78, 5) is 15.7. The van der Waals surface area contributed by atoms with Crippen LogP contribution in [0.25, 0.3) is 0 Å². The van der Waals surface area contributed by atoms with Gasteiger partial charge in [0.2, 0.25) is 0 Å². The maximum atomic E-state index is 12.0. The smallest absolute Gasteiger partial charge is 0.387 e. The van der Waals surface area contributed by atoms with Crippen molar-refractivity contribution in [2.45, 2.75) is 19.8 Å². The second kappa shape index (κ2) is 8.78. The lowest BCUT2D eigenvalue weighted by molar-refractivity contribution is -0.0500. The van der Waals surface area contributed by atoms with E-state index in [1.54, 1.807) is 19.2 Å². The van der Waals surface area contributed by atoms with Gasteiger partial charge in [-0.15, -0.1) is 0 Å². The molecule has 0 bridgehead atoms. The first-order valence-corrected chi connectivity index (χ1v) is 7.09. The number of carbonyl (C=O) groups is 1. The number of amides is 2. The minimum atomic E-state index is -2.89. The minimum Gasteiger partial charge on any atom is -0.433 e. The Labute approximate surface area is 137 Å². The van der Waals surface area contributed by atoms with E-state index in [4.69, 9.17) is 4.74 Å². The summed E-state index contributed by atoms with van der Waals surface area (Å²) >= 11 is 0. The molecule has 0 aliphatic rings. The number of carbonyl (C=O) groups excluding carboxylic acids is 1. The molecule has 0 aliphatic heterocycles. The average molecular weight is 337 g/mol. The summed E-state index contributed by atoms with van der Waals surface area (Å²) in [5.74, 6) is -0.0330. The van der Waals surface area contributed by atoms with Crippen molar-refractivity contribution < 1.29 is 23.0 Å². The number of halogens is 2. The predicted molar refractivity (Wildman–Crippen MR) is 83.9 cm³/mol. The van der Waals surface area contributed by atoms with Crippen molar-refractivity contribution >= 4 is 11.7 Å². The van der Waals surface area contributed by atoms with Crippen LogP contribution in [0.5, 0.6) is 5.75 Å². The summed E-state index contributed by atoms with van der Waals surface area (Å²) in [5.41, 5.74) is 2.15. The molecule has 2 N–H and O–H groups in total. The van der Waals surface area contributed by atoms with Crippen LogP contribution in [-0.4, -0.2) is 24.7 Å². The molecule has 0 radical (unpaired) electrons. The molecule has 1 heterocycles. The molecule has 24 heavy (non-hydrogen) atoms. The number of urea groups is 1. The van der Waals surface area contributed by atoms with Crippen molar-refractivity contribution in [1.29, 1.82) is 0 Å². The molecule has 0 spiro atoms. The van der Waals surface area contributed by atoms with E-state index >= 15 is 0 Å². The Morgan fingerprint density at radius 1 is 1.21 bits per heavy atom. The Kier molecular flexibility index (Phi) is 6.44. The third kappa shape index (κ3) is 5.81. The number of ether oxygens (including phenoxy) is 2. The summed E-state index contributed by atoms with van der Waals surface area (Å²) in [6.07, 6.45) is 1.18. The maximum Gasteiger partial charge on any atom is 0.387 e. The average Bonchev–Trinajstić information content (AvgIpc) is 2.56. The van der Waals surface area contributed by atoms with Crippen LogP contribution >= 0.6 is 0 Å². The number of aromatic nitrogens is 1. The number of methoxy groups -OCH3 is 1. The molecule has 0 aliphatic carbocycles. The summed E-state index contributed by atoms with van der Waals surface area (Å²) in [6.45, 7) is -2.23. The normalized spacial score (nSPS) is 10.5. The van der Waals surface area contributed by atoms with Crippen LogP contribution in [-0.2, 0) is 17.9 Å². The van der Waals surface area contributed by atoms with Crippen molar-refractivity contribution in [3.05, 3.63) is 53.9 Å². The molecular weight excluding hydrogens is 320 g/mol. The summed E-state index contributed by atoms with van der Waals surface area (Å²) in [7, 11) is 1.61. The zero-order valence-electron chi connectivity index (χ0n) is 13.0. The summed E-state index contributed by atoms with van der Waals surface area (Å²) in [6, 6.07) is 9.69. The largest absolute Gasteiger partial charge is 0.433 e. The van der Waals surface area contributed by atoms with Gasteiger partial charge in [-0.3, -0.25) is 4.98 Å². The number of hydrogen-bond acceptors (Lipinski definition) is 4. The van der Waals surface area contributed by atoms with E-state index in [9.17, 15) is 13.6 Å². The first-order chi connectivity index (χ1) is 11.6. The van der Waals surface area contributed by atoms with E-state index in [2.05, 4.69) is 20.4 Å². The molecule has 128 valence electrons. The molecule has 0 saturated carbocycles. The molecule has 0 fully saturated rings. The van der Waals surface area contributed by atoms with Crippen molar-refractivity contribution in [3.8, 4) is 5.75 Å². The number of nitrogens with zero attached hydrogens (tertiary/aromatic N) is 1. The van der Waals surface area contributed by atoms with E-state index in [0.29, 0.717) is 18.0 Å². The fourth-order valence-corrected chi connectivity index (χ4v) is 1.89. The zero-order valence-corrected chi connectivity index (χ0v) is 13.0. The number of pyridine rings is 1. The van der Waals surface area contributed by atoms with Gasteiger partial charge in [-0.25, -0.2) is 4.79 Å². The first-order valence-electron chi connectivity index (χ1n) is 7.09. The minimum absolute atomic E-state index is 0.0330. The first kappa shape index (κ1) is 17.6. The summed E-state index contributed by atoms with van der Waals surface area (Å²) in [5, 5.41) is 5.30. The fraction of sp³-hybridized carbons (Fsp3) is 0.250. The van der Waals surface area contributed by atoms with Crippen LogP contribution < -0.4 is 15.4 Å². The Morgan fingerprint density at radius 3 is 2.54 bits per heavy atom. The van der Waals surface area contributed by atoms with Crippen molar-refractivity contribution in [3.63, 3.8) is 0 Å². The van der Waals surface area contributed by atoms with Gasteiger partial charge in [0.25, 0.3) is 0 Å². The quantitative estimate of drug-likeness (QED) is 0.814. The third-order valence-electron chi connectivity index (χ3n) is 2.98. The lowest BCUT2D eigenvalue weighted by Gasteiger charge is -2.09. The van der Waals surface area contributed by atoms with Gasteiger partial charge in [-0.2, -0.15) is 8.78 Å². The van der Waals surface area contributed by atoms with Crippen LogP contribution in [0.4, 0.5) is 19.3 Å². The topological polar surface area (TPSA) is 72.5 Å². The van der Waals surface area contributed by atoms with E-state index in [0.717, 1.165) is 5.56 Å². The van der Waals surface area contributed by atoms with Gasteiger partial charge in [0.1, 0.15) is 5.75 Å². The molecule has 2 rings (SSSR count). The van der Waals surface area contributed by atoms with E-state index in [1.807, 2.05) is 12.1 Å². The second-order valence-electron chi connectivity index (χ2n) is 4.80. The van der Waals surface area contributed by atoms with Crippen LogP contribution in [0.2, 0.25) is 0 Å². The third-order valence-corrected chi connectivity index (χ3v) is 2.98. The number of hydrogen-bond donors (Lipinski definition) is 2. The van der Waals surface area contributed by atoms with Gasteiger partial charge < -0.3 is 20.1 Å². The highest BCUT2D eigenvalue weighted by Gasteiger charge is 2.06. The Hall–Kier alpha value is -2.74. The number of benzene rings is 1. The molecule has 6 nitrogen and oxygen atoms in total. The standard InChI is InChI=1S/C16H17F2N3O3/c1-23-10-11-2-4-12(5-3-11)21-16(22)20-8-13-6-7-14(9-19-13)24-15(17)18/h2-7,9,15H,8,10H2,1H3,(H2,20,21,22). The highest BCUT2D eigenvalue weighted by Crippen LogP contribution is 2.13. The molecule has 2 amide bonds. The molecule has 1 aromatic heterocycles. The number of alkyl halides is 2. The van der Waals surface area contributed by atoms with Crippen molar-refractivity contribution in [2.75, 3.05) is 12.4 Å². The second-order valence-corrected chi connectivity index (χ2v) is 4.80. The molecule has 0 atom stereocenters. The van der Waals surface area contributed by atoms with Gasteiger partial charge in [0, 0.05) is 12.8 Å². The van der Waals surface area contributed by atoms with Crippen LogP contribution in [0, 0.1) is 0 Å². The molecule has 8 heteroatoms. The predicted octanol–water partition coefficient (Wildman–Crippen LogP) is 3.15. The van der Waals surface area contributed by atoms with Gasteiger partial charge in [-0.05, 0) is 29.8 Å². The summed E-state index contributed by atoms with van der Waals surface area (Å²) < 4.78 is 33.3. The van der Waals surface area contributed by atoms with E-state index < -0.39 is 12.6 Å². The zero-order chi connectivity index (χ0) is 17.4. The molecule has 0 saturated heterocycles. The molecule has 1 aromatic carbocycles. The van der Waals surface area contributed by atoms with Crippen LogP contribution in [0.15, 0.2) is 42.6 Å². The highest BCUT2D eigenvalue weighted by molar-refractivity contribution is 5.89. The highest BCUT2D eigenvalue weighted by atomic mass is 19.3. The van der Waals surface area contributed by atoms with E-state index in [1.165, 1.54) is 18.3 Å². The number of rotatable bonds is 7. The monoisotopic (exact) mass is 337 g/mol. The van der Waals surface area contributed by atoms with Crippen LogP contribution in [0.1, 0.15) is 11.3 Å². The lowest BCUT2D eigenvalue weighted by Crippen LogP contribution is -2.28. The lowest BCUT2D eigenvalue weighted by atomic mass is 10.2. The molecule has 0 unspecified atom stereocenters. The molecule has 2 aromatic rings. The SMILES string of the molecule is COCc1ccc(NC(=O)NCc2ccc(OC(F)F)cn2)cc1. The Bertz CT molecular complexity index is 649. The van der Waals surface area contributed by atoms with E-state index in [-0.39, 0.29) is 12.3 Å². The maximum absolute atomic E-state index is 12.0. The van der Waals surface area contributed by atoms with Gasteiger partial charge in [0.15, 0.2) is 0 Å². The Balaban J connectivity index is 1.80. The van der Waals surface area contributed by atoms with Crippen molar-refractivity contribution in [1.82, 2.24) is 10.3 Å². The van der Waals surface area contributed by atoms with Crippen LogP contribution in [0.3, 0.4) is 0 Å². The van der Waals surface area contributed by atoms with Gasteiger partial charge >= 0.3 is 12.6 Å².